The van der Waals surface area contributed by atoms with Crippen LogP contribution in [-0.2, 0) is 9.53 Å². The highest BCUT2D eigenvalue weighted by atomic mass is 35.5. The zero-order chi connectivity index (χ0) is 12.0. The Bertz CT molecular complexity index is 362. The van der Waals surface area contributed by atoms with Crippen molar-refractivity contribution in [2.75, 3.05) is 13.2 Å². The Hall–Kier alpha value is -1.23. The molecule has 88 valence electrons. The lowest BCUT2D eigenvalue weighted by molar-refractivity contribution is -0.151. The van der Waals surface area contributed by atoms with E-state index < -0.39 is 22.5 Å². The van der Waals surface area contributed by atoms with Crippen LogP contribution in [0, 0.1) is 0 Å². The molecule has 2 aliphatic heterocycles. The van der Waals surface area contributed by atoms with Crippen molar-refractivity contribution < 1.29 is 19.4 Å². The van der Waals surface area contributed by atoms with Crippen molar-refractivity contribution in [2.24, 2.45) is 0 Å². The number of aliphatic carboxylic acids is 1. The van der Waals surface area contributed by atoms with Gasteiger partial charge in [-0.1, -0.05) is 12.7 Å². The molecule has 1 aliphatic carbocycles. The SMILES string of the molecule is C=CCOC(=O)N1CC2(Cl)CC1(C(=O)O)C2. The van der Waals surface area contributed by atoms with Crippen molar-refractivity contribution in [2.45, 2.75) is 23.3 Å². The molecular weight excluding hydrogens is 234 g/mol. The third-order valence-corrected chi connectivity index (χ3v) is 3.51. The number of halogens is 1. The topological polar surface area (TPSA) is 66.8 Å². The molecule has 5 nitrogen and oxygen atoms in total. The second-order valence-electron chi connectivity index (χ2n) is 4.29. The molecule has 3 rings (SSSR count). The summed E-state index contributed by atoms with van der Waals surface area (Å²) < 4.78 is 4.84. The number of carbonyl (C=O) groups is 2. The highest BCUT2D eigenvalue weighted by Crippen LogP contribution is 2.57. The van der Waals surface area contributed by atoms with Crippen LogP contribution in [0.4, 0.5) is 4.79 Å². The normalized spacial score (nSPS) is 35.4. The monoisotopic (exact) mass is 245 g/mol. The van der Waals surface area contributed by atoms with E-state index in [1.165, 1.54) is 11.0 Å². The van der Waals surface area contributed by atoms with Crippen molar-refractivity contribution in [1.29, 1.82) is 0 Å². The van der Waals surface area contributed by atoms with Crippen LogP contribution in [-0.4, -0.2) is 45.6 Å². The average Bonchev–Trinajstić information content (AvgIpc) is 2.63. The van der Waals surface area contributed by atoms with Crippen LogP contribution in [0.5, 0.6) is 0 Å². The van der Waals surface area contributed by atoms with Gasteiger partial charge in [0.1, 0.15) is 12.1 Å². The minimum atomic E-state index is -1.15. The van der Waals surface area contributed by atoms with Gasteiger partial charge in [-0.25, -0.2) is 9.59 Å². The molecular formula is C10H12ClNO4. The molecule has 2 heterocycles. The van der Waals surface area contributed by atoms with Gasteiger partial charge in [0.05, 0.1) is 4.87 Å². The summed E-state index contributed by atoms with van der Waals surface area (Å²) in [6.45, 7) is 3.72. The van der Waals surface area contributed by atoms with Gasteiger partial charge in [0, 0.05) is 19.4 Å². The maximum atomic E-state index is 11.6. The van der Waals surface area contributed by atoms with Gasteiger partial charge in [-0.3, -0.25) is 4.90 Å². The zero-order valence-corrected chi connectivity index (χ0v) is 9.37. The zero-order valence-electron chi connectivity index (χ0n) is 8.61. The van der Waals surface area contributed by atoms with E-state index in [0.717, 1.165) is 0 Å². The molecule has 6 heteroatoms. The van der Waals surface area contributed by atoms with E-state index in [-0.39, 0.29) is 13.2 Å². The van der Waals surface area contributed by atoms with Crippen LogP contribution >= 0.6 is 11.6 Å². The van der Waals surface area contributed by atoms with E-state index in [1.807, 2.05) is 0 Å². The van der Waals surface area contributed by atoms with E-state index >= 15 is 0 Å². The molecule has 0 aromatic rings. The van der Waals surface area contributed by atoms with Gasteiger partial charge >= 0.3 is 12.1 Å². The van der Waals surface area contributed by atoms with Crippen LogP contribution in [0.2, 0.25) is 0 Å². The Morgan fingerprint density at radius 1 is 1.56 bits per heavy atom. The van der Waals surface area contributed by atoms with Gasteiger partial charge in [0.25, 0.3) is 0 Å². The fourth-order valence-electron chi connectivity index (χ4n) is 2.45. The van der Waals surface area contributed by atoms with Crippen molar-refractivity contribution in [3.05, 3.63) is 12.7 Å². The van der Waals surface area contributed by atoms with Crippen LogP contribution in [0.3, 0.4) is 0 Å². The molecule has 0 atom stereocenters. The maximum Gasteiger partial charge on any atom is 0.411 e. The van der Waals surface area contributed by atoms with Gasteiger partial charge in [-0.15, -0.1) is 11.6 Å². The lowest BCUT2D eigenvalue weighted by Crippen LogP contribution is -2.57. The largest absolute Gasteiger partial charge is 0.479 e. The van der Waals surface area contributed by atoms with E-state index in [9.17, 15) is 9.59 Å². The van der Waals surface area contributed by atoms with Crippen LogP contribution in [0.25, 0.3) is 0 Å². The number of carboxylic acid groups (broad SMARTS) is 1. The second-order valence-corrected chi connectivity index (χ2v) is 5.09. The second kappa shape index (κ2) is 3.38. The first kappa shape index (κ1) is 11.3. The Morgan fingerprint density at radius 3 is 2.69 bits per heavy atom. The predicted molar refractivity (Wildman–Crippen MR) is 56.4 cm³/mol. The summed E-state index contributed by atoms with van der Waals surface area (Å²) >= 11 is 6.11. The predicted octanol–water partition coefficient (Wildman–Crippen LogP) is 1.22. The number of rotatable bonds is 3. The van der Waals surface area contributed by atoms with Crippen molar-refractivity contribution in [1.82, 2.24) is 4.90 Å². The molecule has 1 N–H and O–H groups in total. The maximum absolute atomic E-state index is 11.6. The molecule has 0 radical (unpaired) electrons. The number of fused-ring (bicyclic) bond motifs is 1. The summed E-state index contributed by atoms with van der Waals surface area (Å²) in [6, 6.07) is 0. The first-order valence-electron chi connectivity index (χ1n) is 4.91. The number of hydrogen-bond donors (Lipinski definition) is 1. The van der Waals surface area contributed by atoms with Crippen LogP contribution < -0.4 is 0 Å². The van der Waals surface area contributed by atoms with Gasteiger partial charge in [0.2, 0.25) is 0 Å². The molecule has 1 amide bonds. The standard InChI is InChI=1S/C10H12ClNO4/c1-2-3-16-8(15)12-6-9(11)4-10(12,5-9)7(13)14/h2H,1,3-6H2,(H,13,14). The number of alkyl halides is 1. The van der Waals surface area contributed by atoms with Gasteiger partial charge in [-0.2, -0.15) is 0 Å². The summed E-state index contributed by atoms with van der Waals surface area (Å²) in [7, 11) is 0. The first-order valence-corrected chi connectivity index (χ1v) is 5.29. The number of carbonyl (C=O) groups excluding carboxylic acids is 1. The summed E-state index contributed by atoms with van der Waals surface area (Å²) in [5, 5.41) is 9.14. The lowest BCUT2D eigenvalue weighted by atomic mass is 9.72. The summed E-state index contributed by atoms with van der Waals surface area (Å²) in [6.07, 6.45) is 1.38. The summed E-state index contributed by atoms with van der Waals surface area (Å²) in [5.41, 5.74) is -1.15. The van der Waals surface area contributed by atoms with E-state index in [2.05, 4.69) is 6.58 Å². The Labute approximate surface area is 97.6 Å². The minimum absolute atomic E-state index is 0.0698. The molecule has 1 saturated carbocycles. The third kappa shape index (κ3) is 1.38. The number of nitrogens with zero attached hydrogens (tertiary/aromatic N) is 1. The molecule has 2 saturated heterocycles. The number of amides is 1. The van der Waals surface area contributed by atoms with Gasteiger partial charge < -0.3 is 9.84 Å². The van der Waals surface area contributed by atoms with Crippen LogP contribution in [0.1, 0.15) is 12.8 Å². The Morgan fingerprint density at radius 2 is 2.19 bits per heavy atom. The molecule has 0 unspecified atom stereocenters. The molecule has 2 bridgehead atoms. The smallest absolute Gasteiger partial charge is 0.411 e. The van der Waals surface area contributed by atoms with Gasteiger partial charge in [-0.05, 0) is 0 Å². The van der Waals surface area contributed by atoms with E-state index in [0.29, 0.717) is 12.8 Å². The van der Waals surface area contributed by atoms with Crippen LogP contribution in [0.15, 0.2) is 12.7 Å². The number of carboxylic acids is 1. The van der Waals surface area contributed by atoms with E-state index in [4.69, 9.17) is 21.4 Å². The fraction of sp³-hybridized carbons (Fsp3) is 0.600. The molecule has 3 fully saturated rings. The molecule has 0 aromatic heterocycles. The Balaban J connectivity index is 2.13. The number of hydrogen-bond acceptors (Lipinski definition) is 3. The van der Waals surface area contributed by atoms with Crippen molar-refractivity contribution in [3.63, 3.8) is 0 Å². The lowest BCUT2D eigenvalue weighted by Gasteiger charge is -2.40. The molecule has 3 aliphatic rings. The minimum Gasteiger partial charge on any atom is -0.479 e. The third-order valence-electron chi connectivity index (χ3n) is 3.12. The summed E-state index contributed by atoms with van der Waals surface area (Å²) in [5.74, 6) is -1.02. The highest BCUT2D eigenvalue weighted by molar-refractivity contribution is 6.26. The Kier molecular flexibility index (Phi) is 2.38. The van der Waals surface area contributed by atoms with E-state index in [1.54, 1.807) is 0 Å². The molecule has 0 spiro atoms. The fourth-order valence-corrected chi connectivity index (χ4v) is 3.01. The van der Waals surface area contributed by atoms with Gasteiger partial charge in [0.15, 0.2) is 0 Å². The number of ether oxygens (including phenoxy) is 1. The van der Waals surface area contributed by atoms with Crippen molar-refractivity contribution >= 4 is 23.7 Å². The molecule has 16 heavy (non-hydrogen) atoms. The summed E-state index contributed by atoms with van der Waals surface area (Å²) in [4.78, 5) is 23.4. The average molecular weight is 246 g/mol. The van der Waals surface area contributed by atoms with Crippen molar-refractivity contribution in [3.8, 4) is 0 Å². The quantitative estimate of drug-likeness (QED) is 0.600. The first-order chi connectivity index (χ1) is 7.43. The highest BCUT2D eigenvalue weighted by Gasteiger charge is 2.71. The molecule has 0 aromatic carbocycles.